The summed E-state index contributed by atoms with van der Waals surface area (Å²) >= 11 is 0. The minimum absolute atomic E-state index is 1.16. The molecule has 0 saturated heterocycles. The van der Waals surface area contributed by atoms with Gasteiger partial charge in [-0.25, -0.2) is 0 Å². The van der Waals surface area contributed by atoms with E-state index in [4.69, 9.17) is 0 Å². The molecule has 0 N–H and O–H groups in total. The molecule has 0 heteroatoms. The summed E-state index contributed by atoms with van der Waals surface area (Å²) in [6.45, 7) is 0. The van der Waals surface area contributed by atoms with E-state index in [1.807, 2.05) is 0 Å². The fourth-order valence-electron chi connectivity index (χ4n) is 2.37. The summed E-state index contributed by atoms with van der Waals surface area (Å²) in [5, 5.41) is 0. The number of benzene rings is 2. The van der Waals surface area contributed by atoms with Crippen LogP contribution in [-0.4, -0.2) is 0 Å². The monoisotopic (exact) mass is 206 g/mol. The standard InChI is InChI=1S/C16H14/c1-2-7-13(8-3-1)16-12-6-10-14-9-4-5-11-15(14)16/h1-4,6-10,12H,5,11H2. The predicted octanol–water partition coefficient (Wildman–Crippen LogP) is 4.31. The highest BCUT2D eigenvalue weighted by Crippen LogP contribution is 2.30. The molecule has 0 unspecified atom stereocenters. The molecule has 0 bridgehead atoms. The zero-order valence-corrected chi connectivity index (χ0v) is 9.19. The van der Waals surface area contributed by atoms with Crippen molar-refractivity contribution >= 4 is 6.08 Å². The Labute approximate surface area is 96.3 Å². The lowest BCUT2D eigenvalue weighted by Gasteiger charge is -2.15. The largest absolute Gasteiger partial charge is 0.0836 e. The van der Waals surface area contributed by atoms with Gasteiger partial charge in [-0.2, -0.15) is 0 Å². The number of fused-ring (bicyclic) bond motifs is 1. The van der Waals surface area contributed by atoms with E-state index in [0.717, 1.165) is 12.8 Å². The van der Waals surface area contributed by atoms with Crippen LogP contribution in [-0.2, 0) is 6.42 Å². The second-order valence-electron chi connectivity index (χ2n) is 4.18. The highest BCUT2D eigenvalue weighted by Gasteiger charge is 2.09. The van der Waals surface area contributed by atoms with Crippen LogP contribution in [0.1, 0.15) is 17.5 Å². The van der Waals surface area contributed by atoms with Crippen molar-refractivity contribution in [3.8, 4) is 11.1 Å². The summed E-state index contributed by atoms with van der Waals surface area (Å²) < 4.78 is 0. The summed E-state index contributed by atoms with van der Waals surface area (Å²) in [6, 6.07) is 17.2. The fraction of sp³-hybridized carbons (Fsp3) is 0.125. The van der Waals surface area contributed by atoms with E-state index in [1.165, 1.54) is 22.3 Å². The number of rotatable bonds is 1. The first-order valence-electron chi connectivity index (χ1n) is 5.79. The Morgan fingerprint density at radius 2 is 1.69 bits per heavy atom. The highest BCUT2D eigenvalue weighted by atomic mass is 14.1. The first-order valence-corrected chi connectivity index (χ1v) is 5.79. The molecule has 0 spiro atoms. The Morgan fingerprint density at radius 1 is 0.812 bits per heavy atom. The Bertz CT molecular complexity index is 521. The molecule has 0 fully saturated rings. The molecule has 3 rings (SSSR count). The molecule has 0 aromatic heterocycles. The van der Waals surface area contributed by atoms with Gasteiger partial charge in [0.25, 0.3) is 0 Å². The van der Waals surface area contributed by atoms with E-state index in [9.17, 15) is 0 Å². The molecular formula is C16H14. The molecule has 2 aromatic rings. The molecule has 0 radical (unpaired) electrons. The summed E-state index contributed by atoms with van der Waals surface area (Å²) in [7, 11) is 0. The molecule has 0 amide bonds. The van der Waals surface area contributed by atoms with Crippen molar-refractivity contribution in [1.82, 2.24) is 0 Å². The van der Waals surface area contributed by atoms with Crippen molar-refractivity contribution in [2.45, 2.75) is 12.8 Å². The van der Waals surface area contributed by atoms with Gasteiger partial charge in [-0.1, -0.05) is 60.7 Å². The van der Waals surface area contributed by atoms with Crippen LogP contribution in [0.5, 0.6) is 0 Å². The lowest BCUT2D eigenvalue weighted by molar-refractivity contribution is 0.988. The third kappa shape index (κ3) is 1.57. The molecule has 0 aliphatic heterocycles. The maximum absolute atomic E-state index is 2.26. The van der Waals surface area contributed by atoms with Gasteiger partial charge in [-0.05, 0) is 35.1 Å². The minimum Gasteiger partial charge on any atom is -0.0836 e. The van der Waals surface area contributed by atoms with Crippen LogP contribution in [0.3, 0.4) is 0 Å². The van der Waals surface area contributed by atoms with Gasteiger partial charge in [0.15, 0.2) is 0 Å². The molecule has 0 atom stereocenters. The maximum atomic E-state index is 2.26. The Hall–Kier alpha value is -1.82. The van der Waals surface area contributed by atoms with Crippen molar-refractivity contribution in [2.24, 2.45) is 0 Å². The van der Waals surface area contributed by atoms with Crippen LogP contribution in [0.4, 0.5) is 0 Å². The van der Waals surface area contributed by atoms with E-state index >= 15 is 0 Å². The average Bonchev–Trinajstić information content (AvgIpc) is 2.39. The molecule has 1 aliphatic carbocycles. The van der Waals surface area contributed by atoms with E-state index in [0.29, 0.717) is 0 Å². The summed E-state index contributed by atoms with van der Waals surface area (Å²) in [6.07, 6.45) is 6.83. The summed E-state index contributed by atoms with van der Waals surface area (Å²) in [5.74, 6) is 0. The first-order chi connectivity index (χ1) is 7.95. The lowest BCUT2D eigenvalue weighted by atomic mass is 9.89. The van der Waals surface area contributed by atoms with Crippen LogP contribution < -0.4 is 0 Å². The van der Waals surface area contributed by atoms with Crippen molar-refractivity contribution < 1.29 is 0 Å². The van der Waals surface area contributed by atoms with Crippen molar-refractivity contribution in [1.29, 1.82) is 0 Å². The van der Waals surface area contributed by atoms with Gasteiger partial charge in [0, 0.05) is 0 Å². The van der Waals surface area contributed by atoms with E-state index < -0.39 is 0 Å². The molecule has 0 heterocycles. The molecular weight excluding hydrogens is 192 g/mol. The topological polar surface area (TPSA) is 0 Å². The van der Waals surface area contributed by atoms with E-state index in [2.05, 4.69) is 60.7 Å². The fourth-order valence-corrected chi connectivity index (χ4v) is 2.37. The van der Waals surface area contributed by atoms with Gasteiger partial charge in [0.05, 0.1) is 0 Å². The predicted molar refractivity (Wildman–Crippen MR) is 69.2 cm³/mol. The van der Waals surface area contributed by atoms with Crippen LogP contribution >= 0.6 is 0 Å². The van der Waals surface area contributed by atoms with Gasteiger partial charge in [0.1, 0.15) is 0 Å². The molecule has 78 valence electrons. The second kappa shape index (κ2) is 3.97. The lowest BCUT2D eigenvalue weighted by Crippen LogP contribution is -1.96. The average molecular weight is 206 g/mol. The third-order valence-electron chi connectivity index (χ3n) is 3.16. The quantitative estimate of drug-likeness (QED) is 0.652. The third-order valence-corrected chi connectivity index (χ3v) is 3.16. The van der Waals surface area contributed by atoms with Crippen LogP contribution in [0.25, 0.3) is 17.2 Å². The number of hydrogen-bond acceptors (Lipinski definition) is 0. The van der Waals surface area contributed by atoms with Crippen LogP contribution in [0.2, 0.25) is 0 Å². The van der Waals surface area contributed by atoms with Crippen molar-refractivity contribution in [3.63, 3.8) is 0 Å². The van der Waals surface area contributed by atoms with Gasteiger partial charge < -0.3 is 0 Å². The van der Waals surface area contributed by atoms with Gasteiger partial charge in [0.2, 0.25) is 0 Å². The van der Waals surface area contributed by atoms with Gasteiger partial charge in [-0.15, -0.1) is 0 Å². The van der Waals surface area contributed by atoms with E-state index in [1.54, 1.807) is 0 Å². The Kier molecular flexibility index (Phi) is 2.34. The van der Waals surface area contributed by atoms with Gasteiger partial charge in [-0.3, -0.25) is 0 Å². The van der Waals surface area contributed by atoms with Crippen LogP contribution in [0, 0.1) is 0 Å². The highest BCUT2D eigenvalue weighted by molar-refractivity contribution is 5.73. The molecule has 0 saturated carbocycles. The zero-order valence-electron chi connectivity index (χ0n) is 9.19. The SMILES string of the molecule is C1=Cc2cccc(-c3ccccc3)c2CC1. The Balaban J connectivity index is 2.19. The first kappa shape index (κ1) is 9.41. The number of hydrogen-bond donors (Lipinski definition) is 0. The Morgan fingerprint density at radius 3 is 2.56 bits per heavy atom. The summed E-state index contributed by atoms with van der Waals surface area (Å²) in [4.78, 5) is 0. The second-order valence-corrected chi connectivity index (χ2v) is 4.18. The van der Waals surface area contributed by atoms with Crippen molar-refractivity contribution in [3.05, 3.63) is 65.7 Å². The van der Waals surface area contributed by atoms with E-state index in [-0.39, 0.29) is 0 Å². The molecule has 2 aromatic carbocycles. The normalized spacial score (nSPS) is 13.5. The summed E-state index contributed by atoms with van der Waals surface area (Å²) in [5.41, 5.74) is 5.60. The number of allylic oxidation sites excluding steroid dienone is 1. The minimum atomic E-state index is 1.16. The molecule has 1 aliphatic rings. The molecule has 16 heavy (non-hydrogen) atoms. The van der Waals surface area contributed by atoms with Crippen LogP contribution in [0.15, 0.2) is 54.6 Å². The van der Waals surface area contributed by atoms with Gasteiger partial charge >= 0.3 is 0 Å². The maximum Gasteiger partial charge on any atom is -0.0146 e. The smallest absolute Gasteiger partial charge is 0.0146 e. The zero-order chi connectivity index (χ0) is 10.8. The van der Waals surface area contributed by atoms with Crippen molar-refractivity contribution in [2.75, 3.05) is 0 Å². The molecule has 0 nitrogen and oxygen atoms in total.